The van der Waals surface area contributed by atoms with Crippen LogP contribution in [0, 0.1) is 5.92 Å². The Morgan fingerprint density at radius 2 is 2.17 bits per heavy atom. The summed E-state index contributed by atoms with van der Waals surface area (Å²) in [7, 11) is 0. The van der Waals surface area contributed by atoms with Crippen molar-refractivity contribution in [3.05, 3.63) is 22.8 Å². The van der Waals surface area contributed by atoms with Gasteiger partial charge in [-0.1, -0.05) is 24.9 Å². The van der Waals surface area contributed by atoms with Crippen molar-refractivity contribution in [2.75, 3.05) is 18.0 Å². The molecule has 1 aliphatic rings. The monoisotopic (exact) mass is 268 g/mol. The molecule has 0 aromatic carbocycles. The first-order valence-electron chi connectivity index (χ1n) is 6.26. The molecule has 1 aromatic rings. The minimum Gasteiger partial charge on any atom is -0.476 e. The van der Waals surface area contributed by atoms with Crippen molar-refractivity contribution in [2.45, 2.75) is 26.2 Å². The topological polar surface area (TPSA) is 53.4 Å². The van der Waals surface area contributed by atoms with Gasteiger partial charge in [0.2, 0.25) is 0 Å². The number of piperidine rings is 1. The minimum absolute atomic E-state index is 0.0632. The molecule has 0 atom stereocenters. The summed E-state index contributed by atoms with van der Waals surface area (Å²) in [5.41, 5.74) is -0.0632. The summed E-state index contributed by atoms with van der Waals surface area (Å²) < 4.78 is 0. The molecule has 18 heavy (non-hydrogen) atoms. The summed E-state index contributed by atoms with van der Waals surface area (Å²) in [5, 5.41) is 9.19. The lowest BCUT2D eigenvalue weighted by Gasteiger charge is -2.32. The zero-order chi connectivity index (χ0) is 13.1. The predicted octanol–water partition coefficient (Wildman–Crippen LogP) is 3.06. The lowest BCUT2D eigenvalue weighted by Crippen LogP contribution is -2.34. The predicted molar refractivity (Wildman–Crippen MR) is 71.4 cm³/mol. The fraction of sp³-hybridized carbons (Fsp3) is 0.538. The van der Waals surface area contributed by atoms with E-state index in [-0.39, 0.29) is 10.7 Å². The summed E-state index contributed by atoms with van der Waals surface area (Å²) in [4.78, 5) is 17.3. The Labute approximate surface area is 112 Å². The molecule has 0 amide bonds. The van der Waals surface area contributed by atoms with Crippen molar-refractivity contribution in [3.63, 3.8) is 0 Å². The van der Waals surface area contributed by atoms with Crippen molar-refractivity contribution in [1.29, 1.82) is 0 Å². The zero-order valence-corrected chi connectivity index (χ0v) is 11.2. The van der Waals surface area contributed by atoms with Crippen LogP contribution in [-0.2, 0) is 0 Å². The molecule has 0 spiro atoms. The fourth-order valence-corrected chi connectivity index (χ4v) is 2.51. The second-order valence-corrected chi connectivity index (χ2v) is 5.05. The number of anilines is 1. The Balaban J connectivity index is 2.15. The van der Waals surface area contributed by atoms with Crippen LogP contribution in [0.25, 0.3) is 0 Å². The van der Waals surface area contributed by atoms with Crippen molar-refractivity contribution in [3.8, 4) is 0 Å². The molecule has 1 saturated heterocycles. The molecule has 0 unspecified atom stereocenters. The van der Waals surface area contributed by atoms with Gasteiger partial charge in [-0.25, -0.2) is 9.78 Å². The fourth-order valence-electron chi connectivity index (χ4n) is 2.33. The number of carboxylic acid groups (broad SMARTS) is 1. The molecule has 0 radical (unpaired) electrons. The number of carboxylic acids is 1. The van der Waals surface area contributed by atoms with Gasteiger partial charge in [-0.05, 0) is 30.9 Å². The van der Waals surface area contributed by atoms with Crippen LogP contribution in [-0.4, -0.2) is 29.1 Å². The maximum atomic E-state index is 11.0. The van der Waals surface area contributed by atoms with E-state index in [4.69, 9.17) is 16.7 Å². The highest BCUT2D eigenvalue weighted by Gasteiger charge is 2.20. The van der Waals surface area contributed by atoms with Crippen LogP contribution in [0.2, 0.25) is 5.02 Å². The highest BCUT2D eigenvalue weighted by Crippen LogP contribution is 2.25. The first kappa shape index (κ1) is 13.1. The van der Waals surface area contributed by atoms with Gasteiger partial charge in [-0.3, -0.25) is 0 Å². The maximum Gasteiger partial charge on any atom is 0.356 e. The van der Waals surface area contributed by atoms with E-state index in [9.17, 15) is 4.79 Å². The van der Waals surface area contributed by atoms with Gasteiger partial charge in [0.15, 0.2) is 5.69 Å². The van der Waals surface area contributed by atoms with Gasteiger partial charge < -0.3 is 10.0 Å². The second kappa shape index (κ2) is 5.57. The van der Waals surface area contributed by atoms with Gasteiger partial charge in [0.1, 0.15) is 5.82 Å². The van der Waals surface area contributed by atoms with Gasteiger partial charge in [-0.15, -0.1) is 0 Å². The third kappa shape index (κ3) is 2.75. The number of halogens is 1. The number of hydrogen-bond acceptors (Lipinski definition) is 3. The molecular formula is C13H17ClN2O2. The third-order valence-corrected chi connectivity index (χ3v) is 3.85. The van der Waals surface area contributed by atoms with Crippen LogP contribution in [0.4, 0.5) is 5.82 Å². The van der Waals surface area contributed by atoms with E-state index in [0.29, 0.717) is 5.82 Å². The van der Waals surface area contributed by atoms with Crippen LogP contribution in [0.5, 0.6) is 0 Å². The quantitative estimate of drug-likeness (QED) is 0.915. The molecular weight excluding hydrogens is 252 g/mol. The molecule has 1 fully saturated rings. The van der Waals surface area contributed by atoms with Crippen molar-refractivity contribution in [2.24, 2.45) is 5.92 Å². The highest BCUT2D eigenvalue weighted by atomic mass is 35.5. The van der Waals surface area contributed by atoms with E-state index in [1.54, 1.807) is 12.1 Å². The number of carbonyl (C=O) groups is 1. The molecule has 1 aliphatic heterocycles. The van der Waals surface area contributed by atoms with Gasteiger partial charge in [0.25, 0.3) is 0 Å². The Hall–Kier alpha value is -1.29. The van der Waals surface area contributed by atoms with Crippen LogP contribution in [0.3, 0.4) is 0 Å². The average molecular weight is 269 g/mol. The highest BCUT2D eigenvalue weighted by molar-refractivity contribution is 6.33. The van der Waals surface area contributed by atoms with Crippen LogP contribution >= 0.6 is 11.6 Å². The van der Waals surface area contributed by atoms with E-state index >= 15 is 0 Å². The smallest absolute Gasteiger partial charge is 0.356 e. The number of hydrogen-bond donors (Lipinski definition) is 1. The Bertz CT molecular complexity index is 443. The number of aromatic nitrogens is 1. The number of rotatable bonds is 3. The number of nitrogens with zero attached hydrogens (tertiary/aromatic N) is 2. The third-order valence-electron chi connectivity index (χ3n) is 3.55. The van der Waals surface area contributed by atoms with E-state index in [1.807, 2.05) is 0 Å². The largest absolute Gasteiger partial charge is 0.476 e. The van der Waals surface area contributed by atoms with Gasteiger partial charge in [0.05, 0.1) is 5.02 Å². The molecule has 98 valence electrons. The van der Waals surface area contributed by atoms with E-state index in [1.165, 1.54) is 6.42 Å². The Morgan fingerprint density at radius 3 is 2.72 bits per heavy atom. The lowest BCUT2D eigenvalue weighted by molar-refractivity contribution is 0.0691. The summed E-state index contributed by atoms with van der Waals surface area (Å²) in [5.74, 6) is 0.421. The Morgan fingerprint density at radius 1 is 1.50 bits per heavy atom. The molecule has 1 aromatic heterocycles. The van der Waals surface area contributed by atoms with E-state index in [0.717, 1.165) is 31.8 Å². The lowest BCUT2D eigenvalue weighted by atomic mass is 9.94. The standard InChI is InChI=1S/C13H17ClN2O2/c1-2-9-5-7-16(8-6-9)11-4-3-10(14)12(15-11)13(17)18/h3-4,9H,2,5-8H2,1H3,(H,17,18). The van der Waals surface area contributed by atoms with Crippen LogP contribution in [0.1, 0.15) is 36.7 Å². The summed E-state index contributed by atoms with van der Waals surface area (Å²) in [6, 6.07) is 3.40. The van der Waals surface area contributed by atoms with E-state index in [2.05, 4.69) is 16.8 Å². The molecule has 0 aliphatic carbocycles. The molecule has 0 bridgehead atoms. The van der Waals surface area contributed by atoms with Crippen LogP contribution < -0.4 is 4.90 Å². The maximum absolute atomic E-state index is 11.0. The second-order valence-electron chi connectivity index (χ2n) is 4.64. The molecule has 2 rings (SSSR count). The first-order chi connectivity index (χ1) is 8.61. The summed E-state index contributed by atoms with van der Waals surface area (Å²) in [6.07, 6.45) is 3.49. The summed E-state index contributed by atoms with van der Waals surface area (Å²) in [6.45, 7) is 4.09. The van der Waals surface area contributed by atoms with Crippen LogP contribution in [0.15, 0.2) is 12.1 Å². The molecule has 0 saturated carbocycles. The van der Waals surface area contributed by atoms with Crippen molar-refractivity contribution >= 4 is 23.4 Å². The molecule has 2 heterocycles. The van der Waals surface area contributed by atoms with Gasteiger partial charge in [-0.2, -0.15) is 0 Å². The zero-order valence-electron chi connectivity index (χ0n) is 10.4. The summed E-state index contributed by atoms with van der Waals surface area (Å²) >= 11 is 5.81. The van der Waals surface area contributed by atoms with Gasteiger partial charge >= 0.3 is 5.97 Å². The SMILES string of the molecule is CCC1CCN(c2ccc(Cl)c(C(=O)O)n2)CC1. The first-order valence-corrected chi connectivity index (χ1v) is 6.64. The minimum atomic E-state index is -1.08. The average Bonchev–Trinajstić information content (AvgIpc) is 2.39. The van der Waals surface area contributed by atoms with Crippen molar-refractivity contribution < 1.29 is 9.90 Å². The van der Waals surface area contributed by atoms with Gasteiger partial charge in [0, 0.05) is 13.1 Å². The van der Waals surface area contributed by atoms with E-state index < -0.39 is 5.97 Å². The number of pyridine rings is 1. The number of aromatic carboxylic acids is 1. The molecule has 4 nitrogen and oxygen atoms in total. The normalized spacial score (nSPS) is 16.9. The Kier molecular flexibility index (Phi) is 4.07. The molecule has 5 heteroatoms. The molecule has 1 N–H and O–H groups in total. The van der Waals surface area contributed by atoms with Crippen molar-refractivity contribution in [1.82, 2.24) is 4.98 Å².